The van der Waals surface area contributed by atoms with Crippen molar-refractivity contribution in [3.05, 3.63) is 99.7 Å². The largest absolute Gasteiger partial charge is 0.483 e. The smallest absolute Gasteiger partial charge is 0.305 e. The molecule has 0 aliphatic heterocycles. The molecule has 0 spiro atoms. The van der Waals surface area contributed by atoms with E-state index in [1.807, 2.05) is 30.3 Å². The molecule has 7 heteroatoms. The summed E-state index contributed by atoms with van der Waals surface area (Å²) in [6.07, 6.45) is 0.984. The van der Waals surface area contributed by atoms with E-state index in [2.05, 4.69) is 0 Å². The van der Waals surface area contributed by atoms with Gasteiger partial charge in [0.05, 0.1) is 12.3 Å². The Balaban J connectivity index is 1.93. The fourth-order valence-corrected chi connectivity index (χ4v) is 3.35. The number of aliphatic hydroxyl groups is 1. The summed E-state index contributed by atoms with van der Waals surface area (Å²) in [4.78, 5) is 24.4. The number of hydrogen-bond donors (Lipinski definition) is 1. The third-order valence-corrected chi connectivity index (χ3v) is 4.93. The Kier molecular flexibility index (Phi) is 8.16. The van der Waals surface area contributed by atoms with Gasteiger partial charge in [0.1, 0.15) is 18.5 Å². The highest BCUT2D eigenvalue weighted by molar-refractivity contribution is 5.69. The van der Waals surface area contributed by atoms with Gasteiger partial charge in [0, 0.05) is 25.2 Å². The van der Waals surface area contributed by atoms with Gasteiger partial charge in [-0.3, -0.25) is 9.59 Å². The normalized spacial score (nSPS) is 11.7. The average molecular weight is 439 g/mol. The lowest BCUT2D eigenvalue weighted by molar-refractivity contribution is -0.143. The summed E-state index contributed by atoms with van der Waals surface area (Å²) >= 11 is 0. The van der Waals surface area contributed by atoms with Gasteiger partial charge in [0.2, 0.25) is 5.43 Å². The maximum atomic E-state index is 13.4. The number of pyridine rings is 1. The van der Waals surface area contributed by atoms with Crippen molar-refractivity contribution < 1.29 is 23.8 Å². The van der Waals surface area contributed by atoms with E-state index in [0.717, 1.165) is 5.56 Å². The van der Waals surface area contributed by atoms with Gasteiger partial charge in [-0.25, -0.2) is 4.39 Å². The van der Waals surface area contributed by atoms with E-state index in [1.54, 1.807) is 17.7 Å². The second-order valence-corrected chi connectivity index (χ2v) is 7.22. The van der Waals surface area contributed by atoms with Gasteiger partial charge in [0.25, 0.3) is 0 Å². The van der Waals surface area contributed by atoms with Gasteiger partial charge in [-0.15, -0.1) is 0 Å². The first-order valence-electron chi connectivity index (χ1n) is 10.5. The quantitative estimate of drug-likeness (QED) is 0.484. The van der Waals surface area contributed by atoms with Crippen LogP contribution in [0.15, 0.2) is 71.7 Å². The second-order valence-electron chi connectivity index (χ2n) is 7.22. The summed E-state index contributed by atoms with van der Waals surface area (Å²) in [6, 6.07) is 16.1. The topological polar surface area (TPSA) is 77.8 Å². The van der Waals surface area contributed by atoms with Crippen LogP contribution in [0.1, 0.15) is 42.7 Å². The van der Waals surface area contributed by atoms with E-state index in [9.17, 15) is 19.1 Å². The van der Waals surface area contributed by atoms with Gasteiger partial charge >= 0.3 is 5.97 Å². The summed E-state index contributed by atoms with van der Waals surface area (Å²) in [6.45, 7) is 2.55. The van der Waals surface area contributed by atoms with E-state index in [0.29, 0.717) is 25.1 Å². The van der Waals surface area contributed by atoms with Gasteiger partial charge in [0.15, 0.2) is 5.75 Å². The van der Waals surface area contributed by atoms with E-state index in [-0.39, 0.29) is 35.9 Å². The van der Waals surface area contributed by atoms with Gasteiger partial charge in [-0.05, 0) is 36.6 Å². The van der Waals surface area contributed by atoms with Crippen LogP contribution in [0.25, 0.3) is 0 Å². The number of carbonyl (C=O) groups excluding carboxylic acids is 1. The molecule has 1 atom stereocenters. The first-order chi connectivity index (χ1) is 15.5. The maximum Gasteiger partial charge on any atom is 0.305 e. The van der Waals surface area contributed by atoms with Crippen molar-refractivity contribution in [1.82, 2.24) is 4.57 Å². The third kappa shape index (κ3) is 6.04. The first kappa shape index (κ1) is 23.2. The minimum absolute atomic E-state index is 0.0179. The first-order valence-corrected chi connectivity index (χ1v) is 10.5. The molecule has 168 valence electrons. The van der Waals surface area contributed by atoms with E-state index >= 15 is 0 Å². The van der Waals surface area contributed by atoms with Crippen LogP contribution in [0.4, 0.5) is 4.39 Å². The number of esters is 1. The van der Waals surface area contributed by atoms with Crippen LogP contribution in [0, 0.1) is 5.82 Å². The summed E-state index contributed by atoms with van der Waals surface area (Å²) in [5.74, 6) is -0.722. The zero-order valence-corrected chi connectivity index (χ0v) is 17.9. The number of aryl methyl sites for hydroxylation is 1. The number of aliphatic hydroxyl groups excluding tert-OH is 1. The Morgan fingerprint density at radius 1 is 1.09 bits per heavy atom. The molecule has 0 bridgehead atoms. The van der Waals surface area contributed by atoms with Crippen LogP contribution >= 0.6 is 0 Å². The highest BCUT2D eigenvalue weighted by Crippen LogP contribution is 2.29. The fraction of sp³-hybridized carbons (Fsp3) is 0.280. The lowest BCUT2D eigenvalue weighted by atomic mass is 10.0. The zero-order valence-electron chi connectivity index (χ0n) is 17.9. The van der Waals surface area contributed by atoms with Crippen molar-refractivity contribution >= 4 is 5.97 Å². The highest BCUT2D eigenvalue weighted by Gasteiger charge is 2.22. The monoisotopic (exact) mass is 439 g/mol. The number of aromatic nitrogens is 1. The molecule has 1 heterocycles. The van der Waals surface area contributed by atoms with Crippen molar-refractivity contribution in [2.45, 2.75) is 39.0 Å². The molecule has 0 radical (unpaired) electrons. The maximum absolute atomic E-state index is 13.4. The Hall–Kier alpha value is -3.45. The van der Waals surface area contributed by atoms with Crippen LogP contribution < -0.4 is 10.2 Å². The van der Waals surface area contributed by atoms with Crippen molar-refractivity contribution in [3.8, 4) is 5.75 Å². The molecule has 0 saturated heterocycles. The molecular weight excluding hydrogens is 413 g/mol. The predicted octanol–water partition coefficient (Wildman–Crippen LogP) is 3.99. The molecule has 6 nitrogen and oxygen atoms in total. The molecule has 3 aromatic rings. The van der Waals surface area contributed by atoms with Crippen LogP contribution in [0.5, 0.6) is 5.75 Å². The summed E-state index contributed by atoms with van der Waals surface area (Å²) in [5.41, 5.74) is 1.16. The zero-order chi connectivity index (χ0) is 22.9. The molecule has 0 fully saturated rings. The van der Waals surface area contributed by atoms with Crippen LogP contribution in [-0.4, -0.2) is 22.2 Å². The summed E-state index contributed by atoms with van der Waals surface area (Å²) in [7, 11) is 0. The number of ether oxygens (including phenoxy) is 2. The summed E-state index contributed by atoms with van der Waals surface area (Å²) in [5, 5.41) is 11.1. The molecule has 1 unspecified atom stereocenters. The number of benzene rings is 2. The molecule has 0 amide bonds. The molecule has 32 heavy (non-hydrogen) atoms. The van der Waals surface area contributed by atoms with E-state index < -0.39 is 11.9 Å². The lowest BCUT2D eigenvalue weighted by Gasteiger charge is -2.22. The number of rotatable bonds is 10. The molecule has 2 aromatic carbocycles. The number of carbonyl (C=O) groups is 1. The molecule has 1 N–H and O–H groups in total. The highest BCUT2D eigenvalue weighted by atomic mass is 19.1. The Morgan fingerprint density at radius 3 is 2.50 bits per heavy atom. The summed E-state index contributed by atoms with van der Waals surface area (Å²) < 4.78 is 25.9. The van der Waals surface area contributed by atoms with Gasteiger partial charge in [-0.2, -0.15) is 0 Å². The Labute approximate surface area is 185 Å². The van der Waals surface area contributed by atoms with Crippen molar-refractivity contribution in [1.29, 1.82) is 0 Å². The van der Waals surface area contributed by atoms with Crippen molar-refractivity contribution in [2.24, 2.45) is 0 Å². The molecule has 0 aliphatic carbocycles. The van der Waals surface area contributed by atoms with Gasteiger partial charge in [-0.1, -0.05) is 42.5 Å². The average Bonchev–Trinajstić information content (AvgIpc) is 2.80. The fourth-order valence-electron chi connectivity index (χ4n) is 3.35. The van der Waals surface area contributed by atoms with E-state index in [1.165, 1.54) is 30.3 Å². The number of halogens is 1. The lowest BCUT2D eigenvalue weighted by Crippen LogP contribution is -2.20. The number of hydrogen-bond acceptors (Lipinski definition) is 5. The molecule has 1 aromatic heterocycles. The number of nitrogens with zero attached hydrogens (tertiary/aromatic N) is 1. The van der Waals surface area contributed by atoms with Crippen LogP contribution in [0.3, 0.4) is 0 Å². The SMILES string of the molecule is CCOC(=O)CCCn1ccc(=O)c(OCc2ccccc2)c1C(O)c1ccc(F)cc1. The predicted molar refractivity (Wildman–Crippen MR) is 118 cm³/mol. The molecule has 0 aliphatic rings. The molecule has 3 rings (SSSR count). The molecule has 0 saturated carbocycles. The second kappa shape index (κ2) is 11.2. The van der Waals surface area contributed by atoms with Crippen molar-refractivity contribution in [3.63, 3.8) is 0 Å². The molecular formula is C25H26FNO5. The minimum atomic E-state index is -1.22. The third-order valence-electron chi connectivity index (χ3n) is 4.93. The van der Waals surface area contributed by atoms with E-state index in [4.69, 9.17) is 9.47 Å². The minimum Gasteiger partial charge on any atom is -0.483 e. The van der Waals surface area contributed by atoms with Crippen molar-refractivity contribution in [2.75, 3.05) is 6.61 Å². The van der Waals surface area contributed by atoms with Crippen LogP contribution in [-0.2, 0) is 22.7 Å². The van der Waals surface area contributed by atoms with Gasteiger partial charge < -0.3 is 19.1 Å². The Morgan fingerprint density at radius 2 is 1.81 bits per heavy atom. The Bertz CT molecular complexity index is 1080. The standard InChI is InChI=1S/C25H26FNO5/c1-2-31-22(29)9-6-15-27-16-14-21(28)25(32-17-18-7-4-3-5-8-18)23(27)24(30)19-10-12-20(26)13-11-19/h3-5,7-8,10-14,16,24,30H,2,6,9,15,17H2,1H3. The van der Waals surface area contributed by atoms with Crippen LogP contribution in [0.2, 0.25) is 0 Å².